The number of hydrogen-bond donors (Lipinski definition) is 3. The standard InChI is InChI=1S/C14H19BrN6O2S/c15-11-3-1-9(2-4-11)12(20-24(22)23)10-5-7-21(8-6-10)14-17-13(16)18-19-14/h1-4,10,12,20H,5-8H2,(H,22,23)(H3,16,17,18,19)/p-1. The van der Waals surface area contributed by atoms with E-state index in [1.165, 1.54) is 0 Å². The van der Waals surface area contributed by atoms with Gasteiger partial charge in [0.1, 0.15) is 0 Å². The molecule has 24 heavy (non-hydrogen) atoms. The molecule has 8 nitrogen and oxygen atoms in total. The van der Waals surface area contributed by atoms with Crippen molar-refractivity contribution in [3.63, 3.8) is 0 Å². The molecule has 1 saturated heterocycles. The Morgan fingerprint density at radius 1 is 1.38 bits per heavy atom. The molecule has 2 aromatic rings. The summed E-state index contributed by atoms with van der Waals surface area (Å²) in [4.78, 5) is 6.19. The normalized spacial score (nSPS) is 18.5. The van der Waals surface area contributed by atoms with Crippen LogP contribution in [0.1, 0.15) is 24.4 Å². The molecule has 0 spiro atoms. The van der Waals surface area contributed by atoms with Gasteiger partial charge in [-0.25, -0.2) is 9.82 Å². The molecular weight excluding hydrogens is 396 g/mol. The van der Waals surface area contributed by atoms with E-state index in [2.05, 4.69) is 40.7 Å². The Morgan fingerprint density at radius 3 is 2.58 bits per heavy atom. The van der Waals surface area contributed by atoms with Crippen LogP contribution < -0.4 is 15.4 Å². The summed E-state index contributed by atoms with van der Waals surface area (Å²) in [6, 6.07) is 7.48. The number of nitrogens with two attached hydrogens (primary N) is 1. The lowest BCUT2D eigenvalue weighted by molar-refractivity contribution is 0.323. The number of nitrogens with zero attached hydrogens (tertiary/aromatic N) is 3. The van der Waals surface area contributed by atoms with E-state index < -0.39 is 11.3 Å². The van der Waals surface area contributed by atoms with Crippen LogP contribution in [0.15, 0.2) is 28.7 Å². The number of aromatic nitrogens is 3. The van der Waals surface area contributed by atoms with Crippen molar-refractivity contribution in [2.45, 2.75) is 18.9 Å². The van der Waals surface area contributed by atoms with E-state index in [1.54, 1.807) is 0 Å². The van der Waals surface area contributed by atoms with Crippen molar-refractivity contribution in [1.29, 1.82) is 0 Å². The fourth-order valence-electron chi connectivity index (χ4n) is 3.05. The van der Waals surface area contributed by atoms with E-state index in [4.69, 9.17) is 5.73 Å². The Kier molecular flexibility index (Phi) is 5.49. The number of rotatable bonds is 5. The van der Waals surface area contributed by atoms with Crippen molar-refractivity contribution in [2.24, 2.45) is 5.92 Å². The second-order valence-corrected chi connectivity index (χ2v) is 7.35. The predicted octanol–water partition coefficient (Wildman–Crippen LogP) is 1.49. The monoisotopic (exact) mass is 413 g/mol. The number of halogens is 1. The van der Waals surface area contributed by atoms with Crippen molar-refractivity contribution < 1.29 is 8.76 Å². The Labute approximate surface area is 150 Å². The van der Waals surface area contributed by atoms with Gasteiger partial charge in [-0.15, -0.1) is 5.10 Å². The molecule has 0 saturated carbocycles. The molecule has 1 aromatic carbocycles. The fraction of sp³-hybridized carbons (Fsp3) is 0.429. The van der Waals surface area contributed by atoms with E-state index in [0.29, 0.717) is 11.9 Å². The third kappa shape index (κ3) is 4.12. The minimum atomic E-state index is -2.32. The minimum Gasteiger partial charge on any atom is -0.760 e. The molecule has 0 aliphatic carbocycles. The molecule has 1 aliphatic heterocycles. The first-order chi connectivity index (χ1) is 11.5. The highest BCUT2D eigenvalue weighted by Gasteiger charge is 2.29. The third-order valence-electron chi connectivity index (χ3n) is 4.24. The van der Waals surface area contributed by atoms with Crippen LogP contribution in [0.3, 0.4) is 0 Å². The zero-order valence-corrected chi connectivity index (χ0v) is 15.2. The van der Waals surface area contributed by atoms with Gasteiger partial charge >= 0.3 is 0 Å². The first kappa shape index (κ1) is 17.3. The lowest BCUT2D eigenvalue weighted by Crippen LogP contribution is -2.40. The van der Waals surface area contributed by atoms with Crippen molar-refractivity contribution in [3.8, 4) is 0 Å². The molecule has 2 atom stereocenters. The summed E-state index contributed by atoms with van der Waals surface area (Å²) in [6.45, 7) is 1.50. The summed E-state index contributed by atoms with van der Waals surface area (Å²) < 4.78 is 26.1. The summed E-state index contributed by atoms with van der Waals surface area (Å²) in [5.41, 5.74) is 6.53. The smallest absolute Gasteiger partial charge is 0.246 e. The highest BCUT2D eigenvalue weighted by Crippen LogP contribution is 2.32. The van der Waals surface area contributed by atoms with Gasteiger partial charge in [0.15, 0.2) is 0 Å². The Hall–Kier alpha value is -1.49. The summed E-state index contributed by atoms with van der Waals surface area (Å²) in [6.07, 6.45) is 1.67. The van der Waals surface area contributed by atoms with E-state index in [1.807, 2.05) is 24.3 Å². The molecule has 1 aromatic heterocycles. The average Bonchev–Trinajstić information content (AvgIpc) is 3.00. The van der Waals surface area contributed by atoms with Gasteiger partial charge in [-0.2, -0.15) is 4.98 Å². The maximum Gasteiger partial charge on any atom is 0.246 e. The molecule has 0 amide bonds. The number of piperidine rings is 1. The van der Waals surface area contributed by atoms with Crippen LogP contribution in [0.25, 0.3) is 0 Å². The minimum absolute atomic E-state index is 0.205. The molecule has 2 heterocycles. The third-order valence-corrected chi connectivity index (χ3v) is 5.21. The second kappa shape index (κ2) is 7.60. The van der Waals surface area contributed by atoms with E-state index in [-0.39, 0.29) is 12.0 Å². The quantitative estimate of drug-likeness (QED) is 0.637. The number of hydrogen-bond acceptors (Lipinski definition) is 6. The van der Waals surface area contributed by atoms with Crippen molar-refractivity contribution in [1.82, 2.24) is 19.9 Å². The molecule has 0 bridgehead atoms. The molecule has 3 rings (SSSR count). The van der Waals surface area contributed by atoms with Gasteiger partial charge in [0, 0.05) is 34.9 Å². The van der Waals surface area contributed by atoms with Gasteiger partial charge in [-0.3, -0.25) is 4.21 Å². The van der Waals surface area contributed by atoms with Crippen molar-refractivity contribution in [3.05, 3.63) is 34.3 Å². The van der Waals surface area contributed by atoms with Crippen LogP contribution in [0, 0.1) is 5.92 Å². The number of nitrogen functional groups attached to an aromatic ring is 1. The van der Waals surface area contributed by atoms with Crippen LogP contribution in [-0.2, 0) is 11.3 Å². The number of aromatic amines is 1. The topological polar surface area (TPSA) is 123 Å². The number of benzene rings is 1. The molecular formula is C14H18BrN6O2S-. The molecule has 1 fully saturated rings. The maximum atomic E-state index is 11.2. The summed E-state index contributed by atoms with van der Waals surface area (Å²) in [5, 5.41) is 6.70. The summed E-state index contributed by atoms with van der Waals surface area (Å²) in [7, 11) is 0. The number of H-pyrrole nitrogens is 1. The highest BCUT2D eigenvalue weighted by atomic mass is 79.9. The summed E-state index contributed by atoms with van der Waals surface area (Å²) in [5.74, 6) is 1.09. The fourth-order valence-corrected chi connectivity index (χ4v) is 3.85. The number of anilines is 2. The average molecular weight is 414 g/mol. The second-order valence-electron chi connectivity index (χ2n) is 5.73. The molecule has 130 valence electrons. The zero-order chi connectivity index (χ0) is 17.1. The summed E-state index contributed by atoms with van der Waals surface area (Å²) >= 11 is 1.09. The molecule has 2 unspecified atom stereocenters. The lowest BCUT2D eigenvalue weighted by atomic mass is 9.86. The van der Waals surface area contributed by atoms with E-state index in [9.17, 15) is 8.76 Å². The van der Waals surface area contributed by atoms with E-state index in [0.717, 1.165) is 36.0 Å². The van der Waals surface area contributed by atoms with Crippen LogP contribution in [0.4, 0.5) is 11.9 Å². The molecule has 0 radical (unpaired) electrons. The Balaban J connectivity index is 1.70. The first-order valence-corrected chi connectivity index (χ1v) is 9.43. The van der Waals surface area contributed by atoms with Crippen LogP contribution >= 0.6 is 15.9 Å². The zero-order valence-electron chi connectivity index (χ0n) is 12.8. The predicted molar refractivity (Wildman–Crippen MR) is 94.7 cm³/mol. The van der Waals surface area contributed by atoms with Gasteiger partial charge in [-0.1, -0.05) is 28.1 Å². The Morgan fingerprint density at radius 2 is 2.04 bits per heavy atom. The van der Waals surface area contributed by atoms with Gasteiger partial charge in [0.25, 0.3) is 0 Å². The molecule has 1 aliphatic rings. The van der Waals surface area contributed by atoms with Gasteiger partial charge < -0.3 is 15.2 Å². The molecule has 4 N–H and O–H groups in total. The Bertz CT molecular complexity index is 702. The largest absolute Gasteiger partial charge is 0.760 e. The van der Waals surface area contributed by atoms with Gasteiger partial charge in [0.05, 0.1) is 0 Å². The molecule has 10 heteroatoms. The first-order valence-electron chi connectivity index (χ1n) is 7.56. The number of nitrogens with one attached hydrogen (secondary N) is 2. The van der Waals surface area contributed by atoms with Crippen LogP contribution in [0.5, 0.6) is 0 Å². The van der Waals surface area contributed by atoms with Crippen LogP contribution in [0.2, 0.25) is 0 Å². The lowest BCUT2D eigenvalue weighted by Gasteiger charge is -2.36. The maximum absolute atomic E-state index is 11.2. The highest BCUT2D eigenvalue weighted by molar-refractivity contribution is 9.10. The van der Waals surface area contributed by atoms with Gasteiger partial charge in [0.2, 0.25) is 11.9 Å². The SMILES string of the molecule is Nc1nc(N2CCC(C(NS(=O)[O-])c3ccc(Br)cc3)CC2)n[nH]1. The van der Waals surface area contributed by atoms with Crippen LogP contribution in [-0.4, -0.2) is 37.0 Å². The van der Waals surface area contributed by atoms with Gasteiger partial charge in [-0.05, 0) is 36.5 Å². The van der Waals surface area contributed by atoms with E-state index >= 15 is 0 Å². The van der Waals surface area contributed by atoms with Crippen molar-refractivity contribution >= 4 is 39.1 Å². The van der Waals surface area contributed by atoms with Crippen molar-refractivity contribution in [2.75, 3.05) is 23.7 Å².